The zero-order valence-electron chi connectivity index (χ0n) is 17.8. The second-order valence-electron chi connectivity index (χ2n) is 7.48. The maximum absolute atomic E-state index is 13.9. The Hall–Kier alpha value is -2.45. The summed E-state index contributed by atoms with van der Waals surface area (Å²) in [5.74, 6) is -1.19. The smallest absolute Gasteiger partial charge is 0.331 e. The molecule has 0 spiro atoms. The minimum Gasteiger partial charge on any atom is -0.481 e. The first-order valence-electron chi connectivity index (χ1n) is 10.1. The van der Waals surface area contributed by atoms with Crippen molar-refractivity contribution in [3.63, 3.8) is 0 Å². The molecule has 1 aliphatic rings. The van der Waals surface area contributed by atoms with Crippen molar-refractivity contribution in [3.8, 4) is 0 Å². The van der Waals surface area contributed by atoms with Crippen LogP contribution in [-0.4, -0.2) is 37.7 Å². The molecule has 0 saturated heterocycles. The third kappa shape index (κ3) is 4.45. The van der Waals surface area contributed by atoms with E-state index in [2.05, 4.69) is 0 Å². The van der Waals surface area contributed by atoms with E-state index in [1.165, 1.54) is 0 Å². The van der Waals surface area contributed by atoms with E-state index in [1.807, 2.05) is 61.4 Å². The first-order valence-corrected chi connectivity index (χ1v) is 12.9. The molecule has 1 aliphatic heterocycles. The molecule has 31 heavy (non-hydrogen) atoms. The first-order chi connectivity index (χ1) is 14.8. The second kappa shape index (κ2) is 9.36. The number of thioether (sulfide) groups is 1. The van der Waals surface area contributed by atoms with E-state index in [0.29, 0.717) is 25.1 Å². The number of aliphatic carboxylic acids is 1. The third-order valence-electron chi connectivity index (χ3n) is 5.91. The average Bonchev–Trinajstić information content (AvgIpc) is 2.85. The fourth-order valence-electron chi connectivity index (χ4n) is 4.03. The summed E-state index contributed by atoms with van der Waals surface area (Å²) in [5.41, 5.74) is -0.461. The van der Waals surface area contributed by atoms with Crippen LogP contribution in [0.1, 0.15) is 26.7 Å². The molecule has 0 aliphatic carbocycles. The summed E-state index contributed by atoms with van der Waals surface area (Å²) < 4.78 is 33.4. The minimum absolute atomic E-state index is 0.187. The summed E-state index contributed by atoms with van der Waals surface area (Å²) in [6.07, 6.45) is 4.84. The van der Waals surface area contributed by atoms with Gasteiger partial charge in [-0.2, -0.15) is 0 Å². The van der Waals surface area contributed by atoms with Crippen LogP contribution in [0.5, 0.6) is 0 Å². The Balaban J connectivity index is 2.28. The van der Waals surface area contributed by atoms with Gasteiger partial charge in [0.2, 0.25) is 15.3 Å². The maximum atomic E-state index is 13.9. The molecule has 3 rings (SSSR count). The van der Waals surface area contributed by atoms with E-state index in [4.69, 9.17) is 9.84 Å². The number of hydrogen-bond acceptors (Lipinski definition) is 6. The summed E-state index contributed by atoms with van der Waals surface area (Å²) >= 11 is 1.55. The Labute approximate surface area is 187 Å². The van der Waals surface area contributed by atoms with Crippen molar-refractivity contribution in [2.45, 2.75) is 41.9 Å². The second-order valence-corrected chi connectivity index (χ2v) is 10.3. The molecule has 1 unspecified atom stereocenters. The molecule has 0 amide bonds. The SMILES string of the molecule is CCC1(CC)CN(c2ccccc2)c2cc(SC)ccc2S(=O)(=O)C1O/C=C/C(=O)O. The molecule has 1 N–H and O–H groups in total. The van der Waals surface area contributed by atoms with Crippen LogP contribution in [0, 0.1) is 5.41 Å². The number of carboxylic acids is 1. The van der Waals surface area contributed by atoms with Crippen LogP contribution in [0.25, 0.3) is 0 Å². The Morgan fingerprint density at radius 2 is 1.90 bits per heavy atom. The lowest BCUT2D eigenvalue weighted by molar-refractivity contribution is -0.131. The average molecular weight is 462 g/mol. The number of nitrogens with zero attached hydrogens (tertiary/aromatic N) is 1. The molecular formula is C23H27NO5S2. The van der Waals surface area contributed by atoms with Gasteiger partial charge in [0.25, 0.3) is 0 Å². The van der Waals surface area contributed by atoms with Gasteiger partial charge in [-0.3, -0.25) is 0 Å². The third-order valence-corrected chi connectivity index (χ3v) is 8.77. The van der Waals surface area contributed by atoms with Gasteiger partial charge in [-0.25, -0.2) is 13.2 Å². The van der Waals surface area contributed by atoms with Crippen molar-refractivity contribution < 1.29 is 23.1 Å². The first kappa shape index (κ1) is 23.2. The summed E-state index contributed by atoms with van der Waals surface area (Å²) in [6.45, 7) is 4.31. The normalized spacial score (nSPS) is 19.6. The maximum Gasteiger partial charge on any atom is 0.331 e. The number of anilines is 2. The quantitative estimate of drug-likeness (QED) is 0.350. The molecule has 166 valence electrons. The number of hydrogen-bond donors (Lipinski definition) is 1. The van der Waals surface area contributed by atoms with Crippen LogP contribution in [0.4, 0.5) is 11.4 Å². The summed E-state index contributed by atoms with van der Waals surface area (Å²) in [4.78, 5) is 14.1. The lowest BCUT2D eigenvalue weighted by Crippen LogP contribution is -2.45. The van der Waals surface area contributed by atoms with Crippen molar-refractivity contribution in [1.29, 1.82) is 0 Å². The van der Waals surface area contributed by atoms with Crippen LogP contribution < -0.4 is 4.90 Å². The number of sulfone groups is 1. The van der Waals surface area contributed by atoms with Gasteiger partial charge in [0.1, 0.15) is 0 Å². The fourth-order valence-corrected chi connectivity index (χ4v) is 6.69. The molecule has 0 fully saturated rings. The predicted molar refractivity (Wildman–Crippen MR) is 124 cm³/mol. The number of carboxylic acid groups (broad SMARTS) is 1. The highest BCUT2D eigenvalue weighted by molar-refractivity contribution is 7.98. The van der Waals surface area contributed by atoms with Gasteiger partial charge in [-0.1, -0.05) is 32.0 Å². The lowest BCUT2D eigenvalue weighted by atomic mass is 9.82. The van der Waals surface area contributed by atoms with Gasteiger partial charge in [-0.15, -0.1) is 11.8 Å². The number of para-hydroxylation sites is 1. The van der Waals surface area contributed by atoms with Crippen molar-refractivity contribution in [3.05, 3.63) is 60.9 Å². The molecule has 0 bridgehead atoms. The fraction of sp³-hybridized carbons (Fsp3) is 0.348. The largest absolute Gasteiger partial charge is 0.481 e. The van der Waals surface area contributed by atoms with Crippen LogP contribution in [0.15, 0.2) is 70.7 Å². The van der Waals surface area contributed by atoms with Crippen molar-refractivity contribution in [2.75, 3.05) is 17.7 Å². The molecule has 8 heteroatoms. The highest BCUT2D eigenvalue weighted by atomic mass is 32.2. The lowest BCUT2D eigenvalue weighted by Gasteiger charge is -2.39. The molecule has 6 nitrogen and oxygen atoms in total. The number of benzene rings is 2. The van der Waals surface area contributed by atoms with Crippen molar-refractivity contribution in [1.82, 2.24) is 0 Å². The van der Waals surface area contributed by atoms with Crippen LogP contribution in [0.2, 0.25) is 0 Å². The topological polar surface area (TPSA) is 83.9 Å². The monoisotopic (exact) mass is 461 g/mol. The number of rotatable bonds is 7. The molecule has 0 saturated carbocycles. The Morgan fingerprint density at radius 3 is 2.48 bits per heavy atom. The van der Waals surface area contributed by atoms with E-state index >= 15 is 0 Å². The zero-order chi connectivity index (χ0) is 22.6. The van der Waals surface area contributed by atoms with Gasteiger partial charge in [0.05, 0.1) is 22.9 Å². The minimum atomic E-state index is -3.93. The number of ether oxygens (including phenoxy) is 1. The molecule has 0 aromatic heterocycles. The van der Waals surface area contributed by atoms with E-state index in [1.54, 1.807) is 23.9 Å². The van der Waals surface area contributed by atoms with Crippen molar-refractivity contribution >= 4 is 38.9 Å². The van der Waals surface area contributed by atoms with E-state index in [-0.39, 0.29) is 4.90 Å². The summed E-state index contributed by atoms with van der Waals surface area (Å²) in [5, 5.41) is 8.95. The van der Waals surface area contributed by atoms with Gasteiger partial charge < -0.3 is 14.7 Å². The zero-order valence-corrected chi connectivity index (χ0v) is 19.4. The Morgan fingerprint density at radius 1 is 1.23 bits per heavy atom. The molecular weight excluding hydrogens is 434 g/mol. The molecule has 1 atom stereocenters. The van der Waals surface area contributed by atoms with Crippen molar-refractivity contribution in [2.24, 2.45) is 5.41 Å². The number of carbonyl (C=O) groups is 1. The Kier molecular flexibility index (Phi) is 7.01. The summed E-state index contributed by atoms with van der Waals surface area (Å²) in [7, 11) is -3.93. The molecule has 1 heterocycles. The molecule has 2 aromatic rings. The Bertz CT molecular complexity index is 1060. The highest BCUT2D eigenvalue weighted by Crippen LogP contribution is 2.48. The van der Waals surface area contributed by atoms with Crippen LogP contribution >= 0.6 is 11.8 Å². The summed E-state index contributed by atoms with van der Waals surface area (Å²) in [6, 6.07) is 15.0. The standard InChI is InChI=1S/C23H27NO5S2/c1-4-23(5-2)16-24(17-9-7-6-8-10-17)19-15-18(30-3)11-12-20(19)31(27,28)22(23)29-14-13-21(25)26/h6-15,22H,4-5,16H2,1-3H3,(H,25,26)/b14-13+. The van der Waals surface area contributed by atoms with E-state index in [9.17, 15) is 13.2 Å². The van der Waals surface area contributed by atoms with Gasteiger partial charge in [0, 0.05) is 22.5 Å². The van der Waals surface area contributed by atoms with Gasteiger partial charge >= 0.3 is 5.97 Å². The van der Waals surface area contributed by atoms with Gasteiger partial charge in [-0.05, 0) is 49.4 Å². The van der Waals surface area contributed by atoms with Crippen LogP contribution in [-0.2, 0) is 19.4 Å². The highest BCUT2D eigenvalue weighted by Gasteiger charge is 2.51. The molecule has 0 radical (unpaired) electrons. The van der Waals surface area contributed by atoms with Gasteiger partial charge in [0.15, 0.2) is 0 Å². The van der Waals surface area contributed by atoms with E-state index < -0.39 is 26.7 Å². The molecule has 2 aromatic carbocycles. The number of fused-ring (bicyclic) bond motifs is 1. The van der Waals surface area contributed by atoms with Crippen LogP contribution in [0.3, 0.4) is 0 Å². The predicted octanol–water partition coefficient (Wildman–Crippen LogP) is 5.08. The van der Waals surface area contributed by atoms with E-state index in [0.717, 1.165) is 22.9 Å².